The number of benzene rings is 1. The van der Waals surface area contributed by atoms with Gasteiger partial charge in [0.15, 0.2) is 0 Å². The van der Waals surface area contributed by atoms with Crippen molar-refractivity contribution in [1.29, 1.82) is 0 Å². The van der Waals surface area contributed by atoms with Crippen molar-refractivity contribution in [2.45, 2.75) is 5.66 Å². The molecule has 0 aromatic heterocycles. The van der Waals surface area contributed by atoms with Gasteiger partial charge in [0, 0.05) is 5.92 Å². The van der Waals surface area contributed by atoms with Crippen molar-refractivity contribution >= 4 is 6.08 Å². The minimum absolute atomic E-state index is 0.0395. The summed E-state index contributed by atoms with van der Waals surface area (Å²) in [7, 11) is 0. The van der Waals surface area contributed by atoms with E-state index >= 15 is 0 Å². The summed E-state index contributed by atoms with van der Waals surface area (Å²) in [5.74, 6) is 0.0395. The molecule has 1 aliphatic carbocycles. The average molecular weight is 212 g/mol. The maximum absolute atomic E-state index is 5.97. The van der Waals surface area contributed by atoms with Crippen LogP contribution in [0.5, 0.6) is 0 Å². The lowest BCUT2D eigenvalue weighted by molar-refractivity contribution is 0.469. The Hall–Kier alpha value is -1.64. The molecule has 0 radical (unpaired) electrons. The topological polar surface area (TPSA) is 52.0 Å². The summed E-state index contributed by atoms with van der Waals surface area (Å²) in [6, 6.07) is 10.1. The van der Waals surface area contributed by atoms with Crippen molar-refractivity contribution in [2.75, 3.05) is 0 Å². The molecule has 0 fully saturated rings. The second kappa shape index (κ2) is 4.47. The van der Waals surface area contributed by atoms with Gasteiger partial charge >= 0.3 is 0 Å². The molecule has 0 amide bonds. The van der Waals surface area contributed by atoms with Crippen LogP contribution in [-0.2, 0) is 0 Å². The van der Waals surface area contributed by atoms with Gasteiger partial charge in [-0.1, -0.05) is 60.7 Å². The fourth-order valence-electron chi connectivity index (χ4n) is 1.69. The molecule has 0 spiro atoms. The third-order valence-electron chi connectivity index (χ3n) is 2.69. The molecule has 0 heterocycles. The maximum Gasteiger partial charge on any atom is 0.0931 e. The number of rotatable bonds is 2. The van der Waals surface area contributed by atoms with E-state index in [1.807, 2.05) is 66.8 Å². The Kier molecular flexibility index (Phi) is 3.04. The fourth-order valence-corrected chi connectivity index (χ4v) is 1.69. The van der Waals surface area contributed by atoms with Crippen LogP contribution in [0.1, 0.15) is 5.56 Å². The van der Waals surface area contributed by atoms with Crippen molar-refractivity contribution < 1.29 is 0 Å². The molecule has 1 aliphatic rings. The van der Waals surface area contributed by atoms with E-state index in [0.717, 1.165) is 5.56 Å². The van der Waals surface area contributed by atoms with Gasteiger partial charge in [-0.05, 0) is 11.6 Å². The van der Waals surface area contributed by atoms with Crippen molar-refractivity contribution in [3.8, 4) is 0 Å². The summed E-state index contributed by atoms with van der Waals surface area (Å²) < 4.78 is 0. The molecule has 0 unspecified atom stereocenters. The molecule has 2 rings (SSSR count). The van der Waals surface area contributed by atoms with E-state index in [0.29, 0.717) is 0 Å². The molecule has 1 aromatic carbocycles. The lowest BCUT2D eigenvalue weighted by Crippen LogP contribution is -2.53. The van der Waals surface area contributed by atoms with Gasteiger partial charge in [0.1, 0.15) is 0 Å². The molecule has 0 aliphatic heterocycles. The lowest BCUT2D eigenvalue weighted by Gasteiger charge is -2.28. The highest BCUT2D eigenvalue weighted by Crippen LogP contribution is 2.19. The Balaban J connectivity index is 2.13. The maximum atomic E-state index is 5.97. The molecule has 1 atom stereocenters. The van der Waals surface area contributed by atoms with Crippen LogP contribution >= 0.6 is 0 Å². The highest BCUT2D eigenvalue weighted by atomic mass is 15.0. The van der Waals surface area contributed by atoms with Crippen LogP contribution in [0.25, 0.3) is 6.08 Å². The first-order valence-electron chi connectivity index (χ1n) is 5.35. The predicted octanol–water partition coefficient (Wildman–Crippen LogP) is 2.06. The molecule has 2 nitrogen and oxygen atoms in total. The monoisotopic (exact) mass is 212 g/mol. The van der Waals surface area contributed by atoms with Crippen LogP contribution in [0.4, 0.5) is 0 Å². The summed E-state index contributed by atoms with van der Waals surface area (Å²) in [6.45, 7) is 0. The first-order chi connectivity index (χ1) is 7.68. The van der Waals surface area contributed by atoms with Crippen molar-refractivity contribution in [3.63, 3.8) is 0 Å². The SMILES string of the molecule is NC1(N)C=CC=C[C@@H]1C=Cc1ccccc1. The van der Waals surface area contributed by atoms with E-state index < -0.39 is 5.66 Å². The fraction of sp³-hybridized carbons (Fsp3) is 0.143. The minimum atomic E-state index is -0.778. The number of allylic oxidation sites excluding steroid dienone is 2. The largest absolute Gasteiger partial charge is 0.309 e. The zero-order valence-corrected chi connectivity index (χ0v) is 9.08. The molecular weight excluding hydrogens is 196 g/mol. The van der Waals surface area contributed by atoms with E-state index in [9.17, 15) is 0 Å². The molecule has 4 N–H and O–H groups in total. The molecule has 0 saturated heterocycles. The van der Waals surface area contributed by atoms with E-state index in [2.05, 4.69) is 0 Å². The highest BCUT2D eigenvalue weighted by Gasteiger charge is 2.24. The van der Waals surface area contributed by atoms with Gasteiger partial charge in [0.25, 0.3) is 0 Å². The van der Waals surface area contributed by atoms with Crippen LogP contribution in [-0.4, -0.2) is 5.66 Å². The van der Waals surface area contributed by atoms with Gasteiger partial charge in [-0.2, -0.15) is 0 Å². The number of hydrogen-bond donors (Lipinski definition) is 2. The first kappa shape index (κ1) is 10.9. The number of hydrogen-bond acceptors (Lipinski definition) is 2. The standard InChI is InChI=1S/C14H16N2/c15-14(16)11-5-4-8-13(14)10-9-12-6-2-1-3-7-12/h1-11,13H,15-16H2/t13-/m1/s1. The quantitative estimate of drug-likeness (QED) is 0.737. The molecular formula is C14H16N2. The van der Waals surface area contributed by atoms with Crippen LogP contribution < -0.4 is 11.5 Å². The molecule has 16 heavy (non-hydrogen) atoms. The van der Waals surface area contributed by atoms with Gasteiger partial charge in [0.05, 0.1) is 5.66 Å². The van der Waals surface area contributed by atoms with Gasteiger partial charge < -0.3 is 11.5 Å². The van der Waals surface area contributed by atoms with Gasteiger partial charge in [-0.3, -0.25) is 0 Å². The minimum Gasteiger partial charge on any atom is -0.309 e. The Morgan fingerprint density at radius 3 is 2.50 bits per heavy atom. The summed E-state index contributed by atoms with van der Waals surface area (Å²) in [5, 5.41) is 0. The molecule has 2 heteroatoms. The van der Waals surface area contributed by atoms with Gasteiger partial charge in [0.2, 0.25) is 0 Å². The molecule has 82 valence electrons. The van der Waals surface area contributed by atoms with E-state index in [1.54, 1.807) is 0 Å². The molecule has 0 saturated carbocycles. The van der Waals surface area contributed by atoms with Crippen LogP contribution in [0, 0.1) is 5.92 Å². The molecule has 1 aromatic rings. The van der Waals surface area contributed by atoms with Gasteiger partial charge in [-0.25, -0.2) is 0 Å². The van der Waals surface area contributed by atoms with Crippen molar-refractivity contribution in [3.05, 3.63) is 66.3 Å². The van der Waals surface area contributed by atoms with Crippen LogP contribution in [0.15, 0.2) is 60.7 Å². The van der Waals surface area contributed by atoms with E-state index in [4.69, 9.17) is 11.5 Å². The van der Waals surface area contributed by atoms with E-state index in [1.165, 1.54) is 0 Å². The zero-order chi connectivity index (χ0) is 11.4. The van der Waals surface area contributed by atoms with E-state index in [-0.39, 0.29) is 5.92 Å². The lowest BCUT2D eigenvalue weighted by atomic mass is 9.89. The first-order valence-corrected chi connectivity index (χ1v) is 5.35. The van der Waals surface area contributed by atoms with Crippen molar-refractivity contribution in [2.24, 2.45) is 17.4 Å². The molecule has 0 bridgehead atoms. The summed E-state index contributed by atoms with van der Waals surface area (Å²) >= 11 is 0. The Labute approximate surface area is 96.0 Å². The van der Waals surface area contributed by atoms with Crippen LogP contribution in [0.2, 0.25) is 0 Å². The smallest absolute Gasteiger partial charge is 0.0931 e. The Morgan fingerprint density at radius 1 is 1.06 bits per heavy atom. The van der Waals surface area contributed by atoms with Crippen LogP contribution in [0.3, 0.4) is 0 Å². The second-order valence-electron chi connectivity index (χ2n) is 4.04. The summed E-state index contributed by atoms with van der Waals surface area (Å²) in [6.07, 6.45) is 11.8. The third-order valence-corrected chi connectivity index (χ3v) is 2.69. The van der Waals surface area contributed by atoms with Gasteiger partial charge in [-0.15, -0.1) is 0 Å². The number of nitrogens with two attached hydrogens (primary N) is 2. The zero-order valence-electron chi connectivity index (χ0n) is 9.08. The average Bonchev–Trinajstić information content (AvgIpc) is 2.28. The third kappa shape index (κ3) is 2.48. The highest BCUT2D eigenvalue weighted by molar-refractivity contribution is 5.50. The summed E-state index contributed by atoms with van der Waals surface area (Å²) in [4.78, 5) is 0. The van der Waals surface area contributed by atoms with Crippen molar-refractivity contribution in [1.82, 2.24) is 0 Å². The normalized spacial score (nSPS) is 22.8. The second-order valence-corrected chi connectivity index (χ2v) is 4.04. The Morgan fingerprint density at radius 2 is 1.81 bits per heavy atom. The predicted molar refractivity (Wildman–Crippen MR) is 68.4 cm³/mol. The Bertz CT molecular complexity index is 427. The summed E-state index contributed by atoms with van der Waals surface area (Å²) in [5.41, 5.74) is 12.3.